The summed E-state index contributed by atoms with van der Waals surface area (Å²) in [5.74, 6) is 0.677. The van der Waals surface area contributed by atoms with Gasteiger partial charge < -0.3 is 40.2 Å². The lowest BCUT2D eigenvalue weighted by atomic mass is 10.0. The van der Waals surface area contributed by atoms with E-state index in [-0.39, 0.29) is 35.7 Å². The van der Waals surface area contributed by atoms with Crippen LogP contribution in [0, 0.1) is 11.8 Å². The third kappa shape index (κ3) is 7.40. The molecule has 0 spiro atoms. The van der Waals surface area contributed by atoms with Gasteiger partial charge in [-0.15, -0.1) is 0 Å². The number of amides is 4. The molecule has 0 saturated carbocycles. The van der Waals surface area contributed by atoms with Crippen LogP contribution >= 0.6 is 0 Å². The Morgan fingerprint density at radius 3 is 2.06 bits per heavy atom. The number of imidazole rings is 2. The van der Waals surface area contributed by atoms with Crippen LogP contribution in [0.4, 0.5) is 9.59 Å². The Bertz CT molecular complexity index is 1920. The highest BCUT2D eigenvalue weighted by molar-refractivity contribution is 5.87. The van der Waals surface area contributed by atoms with E-state index >= 15 is 0 Å². The number of carbonyl (C=O) groups is 4. The third-order valence-electron chi connectivity index (χ3n) is 9.91. The van der Waals surface area contributed by atoms with Crippen molar-refractivity contribution in [1.29, 1.82) is 0 Å². The van der Waals surface area contributed by atoms with E-state index in [0.29, 0.717) is 24.7 Å². The molecular formula is C37H46N8O6. The van der Waals surface area contributed by atoms with Crippen LogP contribution in [0.15, 0.2) is 48.7 Å². The molecule has 0 bridgehead atoms. The molecule has 2 saturated heterocycles. The number of H-pyrrole nitrogens is 2. The number of alkyl carbamates (subject to hydrolysis) is 1. The largest absolute Gasteiger partial charge is 0.465 e. The molecule has 2 aliphatic heterocycles. The first-order valence-corrected chi connectivity index (χ1v) is 17.6. The van der Waals surface area contributed by atoms with Crippen LogP contribution in [0.3, 0.4) is 0 Å². The number of ether oxygens (including phenoxy) is 1. The number of rotatable bonds is 10. The van der Waals surface area contributed by atoms with Crippen LogP contribution < -0.4 is 10.6 Å². The van der Waals surface area contributed by atoms with Crippen molar-refractivity contribution >= 4 is 35.0 Å². The fourth-order valence-corrected chi connectivity index (χ4v) is 7.22. The van der Waals surface area contributed by atoms with Crippen molar-refractivity contribution in [1.82, 2.24) is 40.4 Å². The van der Waals surface area contributed by atoms with E-state index in [1.54, 1.807) is 16.0 Å². The second kappa shape index (κ2) is 14.8. The molecule has 0 aliphatic carbocycles. The molecule has 1 unspecified atom stereocenters. The summed E-state index contributed by atoms with van der Waals surface area (Å²) >= 11 is 0. The zero-order chi connectivity index (χ0) is 36.4. The molecule has 14 heteroatoms. The van der Waals surface area contributed by atoms with Gasteiger partial charge >= 0.3 is 12.2 Å². The Morgan fingerprint density at radius 1 is 0.824 bits per heavy atom. The number of fused-ring (bicyclic) bond motifs is 1. The number of nitrogens with one attached hydrogen (secondary N) is 4. The lowest BCUT2D eigenvalue weighted by Gasteiger charge is -2.30. The maximum Gasteiger partial charge on any atom is 0.407 e. The molecule has 2 aromatic heterocycles. The minimum atomic E-state index is -1.22. The third-order valence-corrected chi connectivity index (χ3v) is 9.91. The van der Waals surface area contributed by atoms with Crippen molar-refractivity contribution in [2.75, 3.05) is 20.2 Å². The van der Waals surface area contributed by atoms with Gasteiger partial charge in [-0.2, -0.15) is 0 Å². The lowest BCUT2D eigenvalue weighted by Crippen LogP contribution is -2.51. The van der Waals surface area contributed by atoms with Gasteiger partial charge in [-0.25, -0.2) is 19.6 Å². The summed E-state index contributed by atoms with van der Waals surface area (Å²) in [6.45, 7) is 8.56. The molecule has 2 fully saturated rings. The Morgan fingerprint density at radius 2 is 1.43 bits per heavy atom. The predicted octanol–water partition coefficient (Wildman–Crippen LogP) is 5.62. The lowest BCUT2D eigenvalue weighted by molar-refractivity contribution is -0.136. The highest BCUT2D eigenvalue weighted by Gasteiger charge is 2.39. The molecule has 270 valence electrons. The number of hydrogen-bond acceptors (Lipinski definition) is 7. The normalized spacial score (nSPS) is 18.7. The van der Waals surface area contributed by atoms with Crippen LogP contribution in [0.2, 0.25) is 0 Å². The monoisotopic (exact) mass is 698 g/mol. The van der Waals surface area contributed by atoms with Crippen molar-refractivity contribution in [2.24, 2.45) is 11.8 Å². The van der Waals surface area contributed by atoms with E-state index in [1.807, 2.05) is 64.1 Å². The Hall–Kier alpha value is -5.40. The summed E-state index contributed by atoms with van der Waals surface area (Å²) in [6.07, 6.45) is 3.07. The summed E-state index contributed by atoms with van der Waals surface area (Å²) in [4.78, 5) is 70.3. The van der Waals surface area contributed by atoms with Crippen molar-refractivity contribution in [2.45, 2.75) is 77.5 Å². The second-order valence-electron chi connectivity index (χ2n) is 14.0. The van der Waals surface area contributed by atoms with Crippen molar-refractivity contribution in [3.8, 4) is 22.4 Å². The molecule has 6 rings (SSSR count). The fraction of sp³-hybridized carbons (Fsp3) is 0.459. The number of carbonyl (C=O) groups excluding carboxylic acids is 3. The maximum atomic E-state index is 13.6. The molecule has 51 heavy (non-hydrogen) atoms. The summed E-state index contributed by atoms with van der Waals surface area (Å²) in [5.41, 5.74) is 5.36. The van der Waals surface area contributed by atoms with Crippen LogP contribution in [0.1, 0.15) is 77.1 Å². The number of aromatic amines is 2. The van der Waals surface area contributed by atoms with Crippen LogP contribution in [-0.2, 0) is 14.3 Å². The van der Waals surface area contributed by atoms with E-state index in [0.717, 1.165) is 59.1 Å². The Labute approximate surface area is 296 Å². The summed E-state index contributed by atoms with van der Waals surface area (Å²) in [7, 11) is 1.28. The molecule has 14 nitrogen and oxygen atoms in total. The molecule has 2 aliphatic rings. The summed E-state index contributed by atoms with van der Waals surface area (Å²) in [6, 6.07) is 12.1. The number of hydrogen-bond donors (Lipinski definition) is 5. The smallest absolute Gasteiger partial charge is 0.407 e. The first-order valence-electron chi connectivity index (χ1n) is 17.6. The number of carboxylic acid groups (broad SMARTS) is 1. The quantitative estimate of drug-likeness (QED) is 0.141. The van der Waals surface area contributed by atoms with Gasteiger partial charge in [-0.3, -0.25) is 9.59 Å². The van der Waals surface area contributed by atoms with Crippen molar-refractivity contribution < 1.29 is 29.0 Å². The van der Waals surface area contributed by atoms with Crippen LogP contribution in [0.5, 0.6) is 0 Å². The maximum absolute atomic E-state index is 13.6. The van der Waals surface area contributed by atoms with Gasteiger partial charge in [0.15, 0.2) is 0 Å². The summed E-state index contributed by atoms with van der Waals surface area (Å²) in [5, 5.41) is 14.4. The molecule has 5 N–H and O–H groups in total. The van der Waals surface area contributed by atoms with E-state index in [2.05, 4.69) is 31.7 Å². The predicted molar refractivity (Wildman–Crippen MR) is 190 cm³/mol. The average Bonchev–Trinajstić information content (AvgIpc) is 3.94. The highest BCUT2D eigenvalue weighted by Crippen LogP contribution is 2.35. The summed E-state index contributed by atoms with van der Waals surface area (Å²) < 4.78 is 4.75. The standard InChI is InChI=1S/C37H46N8O6/c1-20(2)30(42-36(48)49)34(46)45-16-8-12-29(45)33-39-25-14-13-23(18-26(25)40-33)22-9-6-10-24(17-22)27-19-38-32(41-27)28-11-7-15-44(28)35(47)31(21(3)4)43-37(50)51-5/h6,9-10,13-14,17-21,28-31,42H,7-8,11-12,15-16H2,1-5H3,(H,38,41)(H,39,40)(H,43,50)(H,48,49)/t28?,29-,30-,31-/m0/s1. The van der Waals surface area contributed by atoms with E-state index in [9.17, 15) is 24.3 Å². The average molecular weight is 699 g/mol. The fourth-order valence-electron chi connectivity index (χ4n) is 7.22. The van der Waals surface area contributed by atoms with Gasteiger partial charge in [0.2, 0.25) is 11.8 Å². The van der Waals surface area contributed by atoms with Crippen molar-refractivity contribution in [3.63, 3.8) is 0 Å². The molecule has 4 aromatic rings. The number of methoxy groups -OCH3 is 1. The van der Waals surface area contributed by atoms with E-state index in [1.165, 1.54) is 7.11 Å². The van der Waals surface area contributed by atoms with Gasteiger partial charge in [-0.1, -0.05) is 52.0 Å². The minimum absolute atomic E-state index is 0.118. The zero-order valence-corrected chi connectivity index (χ0v) is 29.6. The van der Waals surface area contributed by atoms with Crippen LogP contribution in [-0.4, -0.2) is 91.1 Å². The Kier molecular flexibility index (Phi) is 10.3. The number of nitrogens with zero attached hydrogens (tertiary/aromatic N) is 4. The molecular weight excluding hydrogens is 652 g/mol. The molecule has 2 aromatic carbocycles. The van der Waals surface area contributed by atoms with E-state index < -0.39 is 24.3 Å². The number of likely N-dealkylation sites (tertiary alicyclic amines) is 2. The number of benzene rings is 2. The van der Waals surface area contributed by atoms with Crippen LogP contribution in [0.25, 0.3) is 33.4 Å². The first-order chi connectivity index (χ1) is 24.4. The molecule has 4 heterocycles. The molecule has 4 amide bonds. The zero-order valence-electron chi connectivity index (χ0n) is 29.6. The van der Waals surface area contributed by atoms with Gasteiger partial charge in [0.25, 0.3) is 0 Å². The minimum Gasteiger partial charge on any atom is -0.465 e. The van der Waals surface area contributed by atoms with Gasteiger partial charge in [0, 0.05) is 18.7 Å². The SMILES string of the molecule is COC(=O)N[C@H](C(=O)N1CCCC1c1ncc(-c2cccc(-c3ccc4nc([C@@H]5CCCN5C(=O)[C@@H](NC(=O)O)C(C)C)[nH]c4c3)c2)[nH]1)C(C)C. The van der Waals surface area contributed by atoms with Crippen molar-refractivity contribution in [3.05, 3.63) is 60.3 Å². The van der Waals surface area contributed by atoms with E-state index in [4.69, 9.17) is 9.72 Å². The number of aromatic nitrogens is 4. The highest BCUT2D eigenvalue weighted by atomic mass is 16.5. The molecule has 4 atom stereocenters. The first kappa shape index (κ1) is 35.4. The van der Waals surface area contributed by atoms with Gasteiger partial charge in [0.05, 0.1) is 42.1 Å². The second-order valence-corrected chi connectivity index (χ2v) is 14.0. The topological polar surface area (TPSA) is 186 Å². The molecule has 0 radical (unpaired) electrons. The Balaban J connectivity index is 1.20. The van der Waals surface area contributed by atoms with Gasteiger partial charge in [0.1, 0.15) is 23.7 Å². The van der Waals surface area contributed by atoms with Gasteiger partial charge in [-0.05, 0) is 66.8 Å².